The highest BCUT2D eigenvalue weighted by Crippen LogP contribution is 2.24. The molecule has 2 rings (SSSR count). The Morgan fingerprint density at radius 1 is 1.39 bits per heavy atom. The molecule has 0 saturated carbocycles. The zero-order valence-corrected chi connectivity index (χ0v) is 11.9. The molecule has 1 unspecified atom stereocenters. The van der Waals surface area contributed by atoms with E-state index in [1.54, 1.807) is 18.4 Å². The standard InChI is InChI=1S/C14H15BrFNO/c1-9-5-6-18-14(9)13(17-2)8-10-3-4-12(16)11(15)7-10/h3-7,13,17H,8H2,1-2H3. The first-order valence-corrected chi connectivity index (χ1v) is 6.56. The van der Waals surface area contributed by atoms with Gasteiger partial charge in [-0.05, 0) is 65.6 Å². The fourth-order valence-electron chi connectivity index (χ4n) is 1.97. The van der Waals surface area contributed by atoms with E-state index in [0.29, 0.717) is 4.47 Å². The first-order chi connectivity index (χ1) is 8.61. The van der Waals surface area contributed by atoms with Crippen LogP contribution in [0.25, 0.3) is 0 Å². The first-order valence-electron chi connectivity index (χ1n) is 5.77. The summed E-state index contributed by atoms with van der Waals surface area (Å²) in [5, 5.41) is 3.23. The second-order valence-electron chi connectivity index (χ2n) is 4.26. The fraction of sp³-hybridized carbons (Fsp3) is 0.286. The average molecular weight is 312 g/mol. The van der Waals surface area contributed by atoms with Gasteiger partial charge >= 0.3 is 0 Å². The van der Waals surface area contributed by atoms with Crippen molar-refractivity contribution in [2.75, 3.05) is 7.05 Å². The number of likely N-dealkylation sites (N-methyl/N-ethyl adjacent to an activating group) is 1. The van der Waals surface area contributed by atoms with Gasteiger partial charge in [-0.2, -0.15) is 0 Å². The predicted octanol–water partition coefficient (Wildman–Crippen LogP) is 3.99. The van der Waals surface area contributed by atoms with Crippen LogP contribution in [0, 0.1) is 12.7 Å². The van der Waals surface area contributed by atoms with Gasteiger partial charge in [-0.15, -0.1) is 0 Å². The number of hydrogen-bond donors (Lipinski definition) is 1. The van der Waals surface area contributed by atoms with Crippen molar-refractivity contribution in [3.8, 4) is 0 Å². The van der Waals surface area contributed by atoms with E-state index >= 15 is 0 Å². The molecule has 0 aliphatic rings. The van der Waals surface area contributed by atoms with Crippen LogP contribution in [0.2, 0.25) is 0 Å². The minimum Gasteiger partial charge on any atom is -0.467 e. The number of benzene rings is 1. The second-order valence-corrected chi connectivity index (χ2v) is 5.12. The molecule has 1 aromatic carbocycles. The molecule has 0 aliphatic heterocycles. The number of nitrogens with one attached hydrogen (secondary N) is 1. The van der Waals surface area contributed by atoms with Gasteiger partial charge in [0.05, 0.1) is 16.8 Å². The minimum absolute atomic E-state index is 0.0948. The Labute approximate surface area is 114 Å². The maximum atomic E-state index is 13.2. The number of aryl methyl sites for hydroxylation is 1. The SMILES string of the molecule is CNC(Cc1ccc(F)c(Br)c1)c1occc1C. The van der Waals surface area contributed by atoms with Crippen molar-refractivity contribution in [1.82, 2.24) is 5.32 Å². The van der Waals surface area contributed by atoms with Crippen molar-refractivity contribution in [2.45, 2.75) is 19.4 Å². The van der Waals surface area contributed by atoms with Gasteiger partial charge < -0.3 is 9.73 Å². The summed E-state index contributed by atoms with van der Waals surface area (Å²) >= 11 is 3.20. The quantitative estimate of drug-likeness (QED) is 0.923. The van der Waals surface area contributed by atoms with Crippen LogP contribution in [0.15, 0.2) is 39.4 Å². The van der Waals surface area contributed by atoms with Crippen LogP contribution in [0.4, 0.5) is 4.39 Å². The predicted molar refractivity (Wildman–Crippen MR) is 73.0 cm³/mol. The topological polar surface area (TPSA) is 25.2 Å². The third-order valence-corrected chi connectivity index (χ3v) is 3.60. The van der Waals surface area contributed by atoms with E-state index in [4.69, 9.17) is 4.42 Å². The molecule has 1 N–H and O–H groups in total. The monoisotopic (exact) mass is 311 g/mol. The van der Waals surface area contributed by atoms with Gasteiger partial charge in [-0.1, -0.05) is 6.07 Å². The lowest BCUT2D eigenvalue weighted by Crippen LogP contribution is -2.19. The van der Waals surface area contributed by atoms with Gasteiger partial charge in [-0.3, -0.25) is 0 Å². The number of furan rings is 1. The van der Waals surface area contributed by atoms with E-state index in [2.05, 4.69) is 21.2 Å². The van der Waals surface area contributed by atoms with Gasteiger partial charge in [0.15, 0.2) is 0 Å². The van der Waals surface area contributed by atoms with Gasteiger partial charge in [0.2, 0.25) is 0 Å². The molecule has 2 nitrogen and oxygen atoms in total. The van der Waals surface area contributed by atoms with Gasteiger partial charge in [0, 0.05) is 0 Å². The highest BCUT2D eigenvalue weighted by Gasteiger charge is 2.16. The molecule has 1 atom stereocenters. The van der Waals surface area contributed by atoms with Gasteiger partial charge in [0.25, 0.3) is 0 Å². The summed E-state index contributed by atoms with van der Waals surface area (Å²) in [5.74, 6) is 0.687. The largest absolute Gasteiger partial charge is 0.467 e. The molecule has 1 aromatic heterocycles. The summed E-state index contributed by atoms with van der Waals surface area (Å²) in [6, 6.07) is 7.11. The maximum Gasteiger partial charge on any atom is 0.137 e. The lowest BCUT2D eigenvalue weighted by Gasteiger charge is -2.15. The minimum atomic E-state index is -0.242. The van der Waals surface area contributed by atoms with Crippen LogP contribution in [0.5, 0.6) is 0 Å². The number of hydrogen-bond acceptors (Lipinski definition) is 2. The lowest BCUT2D eigenvalue weighted by atomic mass is 10.0. The molecule has 1 heterocycles. The van der Waals surface area contributed by atoms with E-state index in [1.165, 1.54) is 6.07 Å². The van der Waals surface area contributed by atoms with E-state index in [9.17, 15) is 4.39 Å². The zero-order chi connectivity index (χ0) is 13.1. The molecule has 18 heavy (non-hydrogen) atoms. The van der Waals surface area contributed by atoms with Crippen LogP contribution in [-0.2, 0) is 6.42 Å². The van der Waals surface area contributed by atoms with Crippen LogP contribution in [0.1, 0.15) is 22.9 Å². The smallest absolute Gasteiger partial charge is 0.137 e. The normalized spacial score (nSPS) is 12.7. The van der Waals surface area contributed by atoms with Crippen molar-refractivity contribution in [3.63, 3.8) is 0 Å². The van der Waals surface area contributed by atoms with E-state index in [-0.39, 0.29) is 11.9 Å². The molecule has 96 valence electrons. The summed E-state index contributed by atoms with van der Waals surface area (Å²) in [6.45, 7) is 2.02. The molecule has 0 radical (unpaired) electrons. The van der Waals surface area contributed by atoms with Crippen molar-refractivity contribution in [1.29, 1.82) is 0 Å². The van der Waals surface area contributed by atoms with Crippen LogP contribution >= 0.6 is 15.9 Å². The summed E-state index contributed by atoms with van der Waals surface area (Å²) in [5.41, 5.74) is 2.17. The first kappa shape index (κ1) is 13.3. The second kappa shape index (κ2) is 5.67. The maximum absolute atomic E-state index is 13.2. The van der Waals surface area contributed by atoms with Crippen molar-refractivity contribution in [3.05, 3.63) is 57.7 Å². The van der Waals surface area contributed by atoms with Crippen LogP contribution in [0.3, 0.4) is 0 Å². The third kappa shape index (κ3) is 2.82. The Hall–Kier alpha value is -1.13. The molecule has 2 aromatic rings. The van der Waals surface area contributed by atoms with E-state index in [1.807, 2.05) is 20.0 Å². The number of rotatable bonds is 4. The van der Waals surface area contributed by atoms with Crippen molar-refractivity contribution < 1.29 is 8.81 Å². The lowest BCUT2D eigenvalue weighted by molar-refractivity contribution is 0.426. The van der Waals surface area contributed by atoms with E-state index < -0.39 is 0 Å². The Kier molecular flexibility index (Phi) is 4.19. The zero-order valence-electron chi connectivity index (χ0n) is 10.3. The molecule has 0 amide bonds. The number of halogens is 2. The Morgan fingerprint density at radius 3 is 2.72 bits per heavy atom. The van der Waals surface area contributed by atoms with Crippen molar-refractivity contribution >= 4 is 15.9 Å². The molecular formula is C14H15BrFNO. The van der Waals surface area contributed by atoms with Gasteiger partial charge in [0.1, 0.15) is 11.6 Å². The van der Waals surface area contributed by atoms with Gasteiger partial charge in [-0.25, -0.2) is 4.39 Å². The summed E-state index contributed by atoms with van der Waals surface area (Å²) in [6.07, 6.45) is 2.44. The van der Waals surface area contributed by atoms with Crippen molar-refractivity contribution in [2.24, 2.45) is 0 Å². The third-order valence-electron chi connectivity index (χ3n) is 2.99. The van der Waals surface area contributed by atoms with Crippen LogP contribution in [-0.4, -0.2) is 7.05 Å². The Bertz CT molecular complexity index is 538. The molecule has 0 spiro atoms. The molecule has 0 saturated heterocycles. The van der Waals surface area contributed by atoms with E-state index in [0.717, 1.165) is 23.3 Å². The molecule has 0 bridgehead atoms. The average Bonchev–Trinajstić information content (AvgIpc) is 2.77. The summed E-state index contributed by atoms with van der Waals surface area (Å²) in [4.78, 5) is 0. The molecule has 0 fully saturated rings. The highest BCUT2D eigenvalue weighted by molar-refractivity contribution is 9.10. The summed E-state index contributed by atoms with van der Waals surface area (Å²) in [7, 11) is 1.89. The Balaban J connectivity index is 2.20. The highest BCUT2D eigenvalue weighted by atomic mass is 79.9. The molecule has 4 heteroatoms. The molecular weight excluding hydrogens is 297 g/mol. The molecule has 0 aliphatic carbocycles. The Morgan fingerprint density at radius 2 is 2.17 bits per heavy atom. The fourth-order valence-corrected chi connectivity index (χ4v) is 2.40. The summed E-state index contributed by atoms with van der Waals surface area (Å²) < 4.78 is 19.2. The van der Waals surface area contributed by atoms with Crippen LogP contribution < -0.4 is 5.32 Å².